The largest absolute Gasteiger partial charge is 0.481 e. The topological polar surface area (TPSA) is 72.9 Å². The quantitative estimate of drug-likeness (QED) is 0.782. The van der Waals surface area contributed by atoms with Crippen LogP contribution in [0.3, 0.4) is 0 Å². The zero-order valence-corrected chi connectivity index (χ0v) is 11.8. The van der Waals surface area contributed by atoms with Gasteiger partial charge in [0.1, 0.15) is 0 Å². The van der Waals surface area contributed by atoms with Crippen molar-refractivity contribution >= 4 is 12.0 Å². The fourth-order valence-electron chi connectivity index (χ4n) is 3.83. The van der Waals surface area contributed by atoms with Crippen LogP contribution < -0.4 is 5.32 Å². The van der Waals surface area contributed by atoms with Gasteiger partial charge in [0.15, 0.2) is 0 Å². The highest BCUT2D eigenvalue weighted by Gasteiger charge is 2.38. The molecule has 0 aromatic heterocycles. The molecule has 0 aromatic rings. The van der Waals surface area contributed by atoms with Crippen LogP contribution in [0.5, 0.6) is 0 Å². The zero-order valence-electron chi connectivity index (χ0n) is 11.8. The van der Waals surface area contributed by atoms with Gasteiger partial charge in [-0.25, -0.2) is 4.79 Å². The SMILES string of the molecule is O=C(O)C1CCN(C(=O)NC2CCN3CCCC23)CC1. The lowest BCUT2D eigenvalue weighted by molar-refractivity contribution is -0.143. The van der Waals surface area contributed by atoms with E-state index in [1.54, 1.807) is 4.90 Å². The number of nitrogens with zero attached hydrogens (tertiary/aromatic N) is 2. The number of hydrogen-bond acceptors (Lipinski definition) is 3. The molecule has 3 saturated heterocycles. The van der Waals surface area contributed by atoms with Gasteiger partial charge in [-0.2, -0.15) is 0 Å². The molecule has 6 heteroatoms. The number of aliphatic carboxylic acids is 1. The maximum atomic E-state index is 12.3. The van der Waals surface area contributed by atoms with E-state index in [1.807, 2.05) is 0 Å². The van der Waals surface area contributed by atoms with Crippen molar-refractivity contribution in [1.29, 1.82) is 0 Å². The van der Waals surface area contributed by atoms with E-state index in [1.165, 1.54) is 19.4 Å². The van der Waals surface area contributed by atoms with Crippen molar-refractivity contribution in [3.63, 3.8) is 0 Å². The van der Waals surface area contributed by atoms with Crippen LogP contribution >= 0.6 is 0 Å². The molecule has 2 amide bonds. The molecular weight excluding hydrogens is 258 g/mol. The van der Waals surface area contributed by atoms with Gasteiger partial charge in [-0.3, -0.25) is 9.69 Å². The van der Waals surface area contributed by atoms with Crippen molar-refractivity contribution in [3.05, 3.63) is 0 Å². The number of carboxylic acids is 1. The van der Waals surface area contributed by atoms with Crippen LogP contribution in [-0.2, 0) is 4.79 Å². The molecule has 112 valence electrons. The van der Waals surface area contributed by atoms with Gasteiger partial charge in [-0.1, -0.05) is 0 Å². The van der Waals surface area contributed by atoms with Gasteiger partial charge in [0.2, 0.25) is 0 Å². The average Bonchev–Trinajstić information content (AvgIpc) is 3.04. The summed E-state index contributed by atoms with van der Waals surface area (Å²) in [5.74, 6) is -1.02. The maximum absolute atomic E-state index is 12.3. The number of hydrogen-bond donors (Lipinski definition) is 2. The highest BCUT2D eigenvalue weighted by molar-refractivity contribution is 5.75. The summed E-state index contributed by atoms with van der Waals surface area (Å²) in [6.45, 7) is 3.38. The van der Waals surface area contributed by atoms with E-state index in [0.717, 1.165) is 13.0 Å². The van der Waals surface area contributed by atoms with Gasteiger partial charge in [0.05, 0.1) is 5.92 Å². The predicted molar refractivity (Wildman–Crippen MR) is 73.5 cm³/mol. The van der Waals surface area contributed by atoms with Crippen molar-refractivity contribution in [2.45, 2.75) is 44.2 Å². The van der Waals surface area contributed by atoms with E-state index in [9.17, 15) is 9.59 Å². The van der Waals surface area contributed by atoms with Crippen LogP contribution in [0.1, 0.15) is 32.1 Å². The van der Waals surface area contributed by atoms with Gasteiger partial charge in [-0.15, -0.1) is 0 Å². The number of carbonyl (C=O) groups excluding carboxylic acids is 1. The zero-order chi connectivity index (χ0) is 14.1. The Kier molecular flexibility index (Phi) is 3.83. The minimum absolute atomic E-state index is 0.00686. The van der Waals surface area contributed by atoms with Crippen molar-refractivity contribution in [2.24, 2.45) is 5.92 Å². The summed E-state index contributed by atoms with van der Waals surface area (Å²) in [6, 6.07) is 0.797. The maximum Gasteiger partial charge on any atom is 0.317 e. The van der Waals surface area contributed by atoms with Crippen LogP contribution in [0.4, 0.5) is 4.79 Å². The minimum Gasteiger partial charge on any atom is -0.481 e. The first-order valence-electron chi connectivity index (χ1n) is 7.67. The first-order valence-corrected chi connectivity index (χ1v) is 7.67. The average molecular weight is 281 g/mol. The molecule has 3 heterocycles. The highest BCUT2D eigenvalue weighted by Crippen LogP contribution is 2.28. The van der Waals surface area contributed by atoms with E-state index in [0.29, 0.717) is 32.0 Å². The van der Waals surface area contributed by atoms with Crippen LogP contribution in [-0.4, -0.2) is 65.2 Å². The first kappa shape index (κ1) is 13.7. The van der Waals surface area contributed by atoms with Crippen LogP contribution in [0.25, 0.3) is 0 Å². The smallest absolute Gasteiger partial charge is 0.317 e. The molecule has 3 aliphatic rings. The molecule has 2 atom stereocenters. The van der Waals surface area contributed by atoms with E-state index >= 15 is 0 Å². The fraction of sp³-hybridized carbons (Fsp3) is 0.857. The molecule has 3 aliphatic heterocycles. The van der Waals surface area contributed by atoms with Crippen LogP contribution in [0.15, 0.2) is 0 Å². The van der Waals surface area contributed by atoms with Gasteiger partial charge in [-0.05, 0) is 38.6 Å². The number of nitrogens with one attached hydrogen (secondary N) is 1. The Morgan fingerprint density at radius 1 is 1.00 bits per heavy atom. The molecule has 0 radical (unpaired) electrons. The fourth-order valence-corrected chi connectivity index (χ4v) is 3.83. The van der Waals surface area contributed by atoms with Crippen LogP contribution in [0.2, 0.25) is 0 Å². The number of amides is 2. The first-order chi connectivity index (χ1) is 9.65. The van der Waals surface area contributed by atoms with Crippen molar-refractivity contribution in [3.8, 4) is 0 Å². The summed E-state index contributed by atoms with van der Waals surface area (Å²) in [5, 5.41) is 12.1. The van der Waals surface area contributed by atoms with Gasteiger partial charge >= 0.3 is 12.0 Å². The van der Waals surface area contributed by atoms with Gasteiger partial charge < -0.3 is 15.3 Å². The van der Waals surface area contributed by atoms with Gasteiger partial charge in [0.25, 0.3) is 0 Å². The molecule has 3 rings (SSSR count). The molecule has 0 aliphatic carbocycles. The Morgan fingerprint density at radius 2 is 1.75 bits per heavy atom. The number of piperidine rings is 1. The molecule has 20 heavy (non-hydrogen) atoms. The Labute approximate surface area is 119 Å². The number of likely N-dealkylation sites (tertiary alicyclic amines) is 1. The monoisotopic (exact) mass is 281 g/mol. The van der Waals surface area contributed by atoms with Crippen molar-refractivity contribution in [1.82, 2.24) is 15.1 Å². The van der Waals surface area contributed by atoms with E-state index in [-0.39, 0.29) is 18.0 Å². The van der Waals surface area contributed by atoms with Crippen molar-refractivity contribution in [2.75, 3.05) is 26.2 Å². The van der Waals surface area contributed by atoms with Crippen LogP contribution in [0, 0.1) is 5.92 Å². The summed E-state index contributed by atoms with van der Waals surface area (Å²) in [7, 11) is 0. The number of carboxylic acid groups (broad SMARTS) is 1. The molecule has 6 nitrogen and oxygen atoms in total. The Hall–Kier alpha value is -1.30. The minimum atomic E-state index is -0.734. The number of urea groups is 1. The third-order valence-electron chi connectivity index (χ3n) is 5.05. The molecule has 0 spiro atoms. The second-order valence-electron chi connectivity index (χ2n) is 6.19. The third kappa shape index (κ3) is 2.61. The summed E-state index contributed by atoms with van der Waals surface area (Å²) >= 11 is 0. The lowest BCUT2D eigenvalue weighted by Crippen LogP contribution is -2.51. The van der Waals surface area contributed by atoms with E-state index < -0.39 is 5.97 Å². The molecular formula is C14H23N3O3. The highest BCUT2D eigenvalue weighted by atomic mass is 16.4. The van der Waals surface area contributed by atoms with Gasteiger partial charge in [0, 0.05) is 31.7 Å². The summed E-state index contributed by atoms with van der Waals surface area (Å²) < 4.78 is 0. The molecule has 2 N–H and O–H groups in total. The lowest BCUT2D eigenvalue weighted by Gasteiger charge is -2.32. The molecule has 0 aromatic carbocycles. The second-order valence-corrected chi connectivity index (χ2v) is 6.19. The molecule has 3 fully saturated rings. The van der Waals surface area contributed by atoms with E-state index in [4.69, 9.17) is 5.11 Å². The van der Waals surface area contributed by atoms with Crippen molar-refractivity contribution < 1.29 is 14.7 Å². The number of fused-ring (bicyclic) bond motifs is 1. The standard InChI is InChI=1S/C14H23N3O3/c18-13(19)10-3-7-17(8-4-10)14(20)15-11-5-9-16-6-1-2-12(11)16/h10-12H,1-9H2,(H,15,20)(H,18,19). The Morgan fingerprint density at radius 3 is 2.45 bits per heavy atom. The van der Waals surface area contributed by atoms with E-state index in [2.05, 4.69) is 10.2 Å². The normalized spacial score (nSPS) is 31.3. The summed E-state index contributed by atoms with van der Waals surface area (Å²) in [5.41, 5.74) is 0. The Bertz CT molecular complexity index is 393. The summed E-state index contributed by atoms with van der Waals surface area (Å²) in [4.78, 5) is 27.4. The number of rotatable bonds is 2. The third-order valence-corrected chi connectivity index (χ3v) is 5.05. The Balaban J connectivity index is 1.49. The molecule has 2 unspecified atom stereocenters. The predicted octanol–water partition coefficient (Wildman–Crippen LogP) is 0.729. The summed E-state index contributed by atoms with van der Waals surface area (Å²) in [6.07, 6.45) is 4.61. The molecule has 0 saturated carbocycles. The molecule has 0 bridgehead atoms. The number of carbonyl (C=O) groups is 2. The second kappa shape index (κ2) is 5.60. The lowest BCUT2D eigenvalue weighted by atomic mass is 9.97.